The molecule has 1 heterocycles. The van der Waals surface area contributed by atoms with Crippen molar-refractivity contribution in [3.05, 3.63) is 0 Å². The fraction of sp³-hybridized carbons (Fsp3) is 1.00. The van der Waals surface area contributed by atoms with Crippen molar-refractivity contribution in [2.24, 2.45) is 11.7 Å². The van der Waals surface area contributed by atoms with Crippen LogP contribution in [-0.4, -0.2) is 36.2 Å². The monoisotopic (exact) mass is 266 g/mol. The van der Waals surface area contributed by atoms with Crippen LogP contribution < -0.4 is 5.73 Å². The van der Waals surface area contributed by atoms with Crippen molar-refractivity contribution in [3.8, 4) is 0 Å². The van der Waals surface area contributed by atoms with Crippen LogP contribution >= 0.6 is 0 Å². The predicted octanol–water partition coefficient (Wildman–Crippen LogP) is 3.17. The van der Waals surface area contributed by atoms with Crippen molar-refractivity contribution in [1.29, 1.82) is 0 Å². The lowest BCUT2D eigenvalue weighted by Gasteiger charge is -2.34. The Kier molecular flexibility index (Phi) is 5.92. The Bertz CT molecular complexity index is 241. The van der Waals surface area contributed by atoms with Crippen LogP contribution in [0.1, 0.15) is 46.0 Å². The minimum atomic E-state index is -4.22. The lowest BCUT2D eigenvalue weighted by Crippen LogP contribution is -2.55. The number of nitrogens with zero attached hydrogens (tertiary/aromatic N) is 1. The van der Waals surface area contributed by atoms with Crippen molar-refractivity contribution >= 4 is 0 Å². The van der Waals surface area contributed by atoms with Gasteiger partial charge in [-0.3, -0.25) is 4.90 Å². The van der Waals surface area contributed by atoms with E-state index in [1.165, 1.54) is 6.92 Å². The van der Waals surface area contributed by atoms with Gasteiger partial charge in [-0.05, 0) is 45.2 Å². The number of likely N-dealkylation sites (tertiary alicyclic amines) is 1. The molecule has 1 aliphatic heterocycles. The van der Waals surface area contributed by atoms with Crippen molar-refractivity contribution in [1.82, 2.24) is 4.90 Å². The van der Waals surface area contributed by atoms with Gasteiger partial charge < -0.3 is 5.73 Å². The van der Waals surface area contributed by atoms with E-state index in [-0.39, 0.29) is 0 Å². The Labute approximate surface area is 108 Å². The van der Waals surface area contributed by atoms with Gasteiger partial charge in [-0.1, -0.05) is 19.8 Å². The average Bonchev–Trinajstić information content (AvgIpc) is 2.42. The Balaban J connectivity index is 2.64. The van der Waals surface area contributed by atoms with Gasteiger partial charge in [0.25, 0.3) is 0 Å². The Hall–Kier alpha value is -0.290. The van der Waals surface area contributed by atoms with Gasteiger partial charge in [0.15, 0.2) is 0 Å². The zero-order chi connectivity index (χ0) is 13.8. The first-order chi connectivity index (χ1) is 8.36. The van der Waals surface area contributed by atoms with E-state index in [0.29, 0.717) is 19.0 Å². The highest BCUT2D eigenvalue weighted by Gasteiger charge is 2.45. The van der Waals surface area contributed by atoms with Gasteiger partial charge in [0, 0.05) is 6.04 Å². The van der Waals surface area contributed by atoms with Crippen molar-refractivity contribution in [2.75, 3.05) is 13.1 Å². The molecular weight excluding hydrogens is 241 g/mol. The molecule has 0 bridgehead atoms. The first kappa shape index (κ1) is 15.8. The molecular formula is C13H25F3N2. The molecule has 0 radical (unpaired) electrons. The lowest BCUT2D eigenvalue weighted by atomic mass is 9.96. The first-order valence-corrected chi connectivity index (χ1v) is 6.92. The minimum Gasteiger partial charge on any atom is -0.326 e. The van der Waals surface area contributed by atoms with Crippen LogP contribution in [0.5, 0.6) is 0 Å². The lowest BCUT2D eigenvalue weighted by molar-refractivity contribution is -0.188. The first-order valence-electron chi connectivity index (χ1n) is 6.92. The van der Waals surface area contributed by atoms with Crippen LogP contribution in [0.4, 0.5) is 13.2 Å². The predicted molar refractivity (Wildman–Crippen MR) is 67.3 cm³/mol. The highest BCUT2D eigenvalue weighted by atomic mass is 19.4. The molecule has 0 saturated carbocycles. The van der Waals surface area contributed by atoms with E-state index in [9.17, 15) is 13.2 Å². The molecule has 0 amide bonds. The average molecular weight is 266 g/mol. The van der Waals surface area contributed by atoms with E-state index in [0.717, 1.165) is 32.1 Å². The van der Waals surface area contributed by atoms with Crippen LogP contribution in [0.2, 0.25) is 0 Å². The third-order valence-electron chi connectivity index (χ3n) is 3.81. The maximum Gasteiger partial charge on any atom is 0.405 e. The van der Waals surface area contributed by atoms with Crippen LogP contribution in [0.25, 0.3) is 0 Å². The van der Waals surface area contributed by atoms with Crippen LogP contribution in [0.15, 0.2) is 0 Å². The Morgan fingerprint density at radius 2 is 1.94 bits per heavy atom. The SMILES string of the molecule is CCCC1CCCN(C(C(C)N)C(F)(F)F)CC1. The van der Waals surface area contributed by atoms with E-state index in [4.69, 9.17) is 5.73 Å². The Morgan fingerprint density at radius 1 is 1.28 bits per heavy atom. The number of alkyl halides is 3. The number of rotatable bonds is 4. The van der Waals surface area contributed by atoms with Gasteiger partial charge in [0.1, 0.15) is 6.04 Å². The summed E-state index contributed by atoms with van der Waals surface area (Å²) in [5.41, 5.74) is 5.54. The zero-order valence-electron chi connectivity index (χ0n) is 11.3. The largest absolute Gasteiger partial charge is 0.405 e. The van der Waals surface area contributed by atoms with E-state index in [1.807, 2.05) is 0 Å². The Morgan fingerprint density at radius 3 is 2.44 bits per heavy atom. The summed E-state index contributed by atoms with van der Waals surface area (Å²) < 4.78 is 39.0. The molecule has 0 aromatic heterocycles. The van der Waals surface area contributed by atoms with Crippen LogP contribution in [-0.2, 0) is 0 Å². The third kappa shape index (κ3) is 4.43. The summed E-state index contributed by atoms with van der Waals surface area (Å²) in [7, 11) is 0. The zero-order valence-corrected chi connectivity index (χ0v) is 11.3. The number of halogens is 3. The fourth-order valence-electron chi connectivity index (χ4n) is 3.00. The minimum absolute atomic E-state index is 0.520. The third-order valence-corrected chi connectivity index (χ3v) is 3.81. The topological polar surface area (TPSA) is 29.3 Å². The molecule has 2 nitrogen and oxygen atoms in total. The van der Waals surface area contributed by atoms with Gasteiger partial charge in [-0.2, -0.15) is 13.2 Å². The van der Waals surface area contributed by atoms with Gasteiger partial charge in [0.2, 0.25) is 0 Å². The maximum atomic E-state index is 13.0. The standard InChI is InChI=1S/C13H25F3N2/c1-3-5-11-6-4-8-18(9-7-11)12(10(2)17)13(14,15)16/h10-12H,3-9,17H2,1-2H3. The molecule has 0 aromatic rings. The molecule has 1 saturated heterocycles. The quantitative estimate of drug-likeness (QED) is 0.847. The molecule has 3 atom stereocenters. The summed E-state index contributed by atoms with van der Waals surface area (Å²) in [5.74, 6) is 0.585. The molecule has 1 fully saturated rings. The highest BCUT2D eigenvalue weighted by molar-refractivity contribution is 4.87. The van der Waals surface area contributed by atoms with Crippen molar-refractivity contribution < 1.29 is 13.2 Å². The number of hydrogen-bond acceptors (Lipinski definition) is 2. The van der Waals surface area contributed by atoms with Crippen LogP contribution in [0, 0.1) is 5.92 Å². The van der Waals surface area contributed by atoms with Crippen molar-refractivity contribution in [3.63, 3.8) is 0 Å². The molecule has 1 rings (SSSR count). The van der Waals surface area contributed by atoms with Gasteiger partial charge in [0.05, 0.1) is 0 Å². The van der Waals surface area contributed by atoms with Crippen molar-refractivity contribution in [2.45, 2.75) is 64.2 Å². The second-order valence-corrected chi connectivity index (χ2v) is 5.47. The molecule has 0 spiro atoms. The fourth-order valence-corrected chi connectivity index (χ4v) is 3.00. The summed E-state index contributed by atoms with van der Waals surface area (Å²) in [4.78, 5) is 1.54. The molecule has 18 heavy (non-hydrogen) atoms. The van der Waals surface area contributed by atoms with Gasteiger partial charge in [-0.15, -0.1) is 0 Å². The maximum absolute atomic E-state index is 13.0. The van der Waals surface area contributed by atoms with E-state index in [1.54, 1.807) is 4.90 Å². The second kappa shape index (κ2) is 6.75. The summed E-state index contributed by atoms with van der Waals surface area (Å²) in [6, 6.07) is -2.36. The van der Waals surface area contributed by atoms with Gasteiger partial charge >= 0.3 is 6.18 Å². The normalized spacial score (nSPS) is 26.7. The summed E-state index contributed by atoms with van der Waals surface area (Å²) in [6.45, 7) is 4.62. The number of nitrogens with two attached hydrogens (primary N) is 1. The van der Waals surface area contributed by atoms with E-state index < -0.39 is 18.3 Å². The summed E-state index contributed by atoms with van der Waals surface area (Å²) in [5, 5.41) is 0. The molecule has 108 valence electrons. The summed E-state index contributed by atoms with van der Waals surface area (Å²) >= 11 is 0. The second-order valence-electron chi connectivity index (χ2n) is 5.47. The summed E-state index contributed by atoms with van der Waals surface area (Å²) in [6.07, 6.45) is 0.785. The van der Waals surface area contributed by atoms with Crippen LogP contribution in [0.3, 0.4) is 0 Å². The van der Waals surface area contributed by atoms with E-state index in [2.05, 4.69) is 6.92 Å². The van der Waals surface area contributed by atoms with Gasteiger partial charge in [-0.25, -0.2) is 0 Å². The molecule has 0 aromatic carbocycles. The molecule has 1 aliphatic rings. The molecule has 0 aliphatic carbocycles. The molecule has 5 heteroatoms. The molecule has 2 N–H and O–H groups in total. The van der Waals surface area contributed by atoms with E-state index >= 15 is 0 Å². The smallest absolute Gasteiger partial charge is 0.326 e. The highest BCUT2D eigenvalue weighted by Crippen LogP contribution is 2.30. The number of hydrogen-bond donors (Lipinski definition) is 1. The molecule has 3 unspecified atom stereocenters.